The van der Waals surface area contributed by atoms with Crippen LogP contribution in [0.4, 0.5) is 0 Å². The average Bonchev–Trinajstić information content (AvgIpc) is 3.17. The SMILES string of the molecule is CC(C)C1(CNCC(C#N)c2ccccc2)CC1. The Morgan fingerprint density at radius 1 is 1.28 bits per heavy atom. The Morgan fingerprint density at radius 2 is 1.94 bits per heavy atom. The van der Waals surface area contributed by atoms with Gasteiger partial charge in [-0.3, -0.25) is 0 Å². The summed E-state index contributed by atoms with van der Waals surface area (Å²) in [5.41, 5.74) is 1.62. The van der Waals surface area contributed by atoms with Crippen LogP contribution in [0.25, 0.3) is 0 Å². The highest BCUT2D eigenvalue weighted by atomic mass is 14.9. The van der Waals surface area contributed by atoms with Crippen molar-refractivity contribution in [2.24, 2.45) is 11.3 Å². The van der Waals surface area contributed by atoms with E-state index in [0.717, 1.165) is 24.6 Å². The predicted molar refractivity (Wildman–Crippen MR) is 74.2 cm³/mol. The van der Waals surface area contributed by atoms with Crippen molar-refractivity contribution in [3.8, 4) is 6.07 Å². The third-order valence-electron chi connectivity index (χ3n) is 4.30. The first-order valence-corrected chi connectivity index (χ1v) is 6.83. The zero-order valence-electron chi connectivity index (χ0n) is 11.3. The van der Waals surface area contributed by atoms with E-state index in [2.05, 4.69) is 25.2 Å². The molecule has 2 nitrogen and oxygen atoms in total. The number of benzene rings is 1. The van der Waals surface area contributed by atoms with Gasteiger partial charge in [0.05, 0.1) is 12.0 Å². The Bertz CT molecular complexity index is 412. The highest BCUT2D eigenvalue weighted by Crippen LogP contribution is 2.51. The quantitative estimate of drug-likeness (QED) is 0.830. The van der Waals surface area contributed by atoms with Crippen LogP contribution in [0.3, 0.4) is 0 Å². The molecule has 1 N–H and O–H groups in total. The molecule has 2 heteroatoms. The number of nitrogens with zero attached hydrogens (tertiary/aromatic N) is 1. The van der Waals surface area contributed by atoms with Crippen LogP contribution < -0.4 is 5.32 Å². The van der Waals surface area contributed by atoms with Crippen LogP contribution in [0.15, 0.2) is 30.3 Å². The van der Waals surface area contributed by atoms with Crippen LogP contribution in [0.5, 0.6) is 0 Å². The van der Waals surface area contributed by atoms with Crippen LogP contribution in [0.2, 0.25) is 0 Å². The highest BCUT2D eigenvalue weighted by molar-refractivity contribution is 5.25. The van der Waals surface area contributed by atoms with E-state index in [1.165, 1.54) is 12.8 Å². The first-order valence-electron chi connectivity index (χ1n) is 6.83. The van der Waals surface area contributed by atoms with Gasteiger partial charge in [-0.2, -0.15) is 5.26 Å². The van der Waals surface area contributed by atoms with Gasteiger partial charge in [-0.05, 0) is 29.7 Å². The van der Waals surface area contributed by atoms with Gasteiger partial charge in [0.25, 0.3) is 0 Å². The molecule has 18 heavy (non-hydrogen) atoms. The minimum Gasteiger partial charge on any atom is -0.315 e. The molecule has 1 fully saturated rings. The molecule has 0 radical (unpaired) electrons. The summed E-state index contributed by atoms with van der Waals surface area (Å²) in [6.45, 7) is 6.41. The molecule has 1 aromatic carbocycles. The molecule has 1 unspecified atom stereocenters. The monoisotopic (exact) mass is 242 g/mol. The predicted octanol–water partition coefficient (Wildman–Crippen LogP) is 3.32. The molecule has 1 atom stereocenters. The molecule has 0 bridgehead atoms. The van der Waals surface area contributed by atoms with E-state index in [1.54, 1.807) is 0 Å². The van der Waals surface area contributed by atoms with E-state index in [4.69, 9.17) is 0 Å². The average molecular weight is 242 g/mol. The molecule has 0 amide bonds. The number of hydrogen-bond acceptors (Lipinski definition) is 2. The largest absolute Gasteiger partial charge is 0.315 e. The first-order chi connectivity index (χ1) is 8.68. The molecule has 1 saturated carbocycles. The Hall–Kier alpha value is -1.33. The highest BCUT2D eigenvalue weighted by Gasteiger charge is 2.44. The van der Waals surface area contributed by atoms with Gasteiger partial charge in [0.15, 0.2) is 0 Å². The van der Waals surface area contributed by atoms with Crippen molar-refractivity contribution in [2.75, 3.05) is 13.1 Å². The molecule has 1 aliphatic carbocycles. The summed E-state index contributed by atoms with van der Waals surface area (Å²) < 4.78 is 0. The Kier molecular flexibility index (Phi) is 4.04. The van der Waals surface area contributed by atoms with Gasteiger partial charge in [0, 0.05) is 13.1 Å². The van der Waals surface area contributed by atoms with Gasteiger partial charge in [-0.15, -0.1) is 0 Å². The zero-order chi connectivity index (χ0) is 13.0. The molecular weight excluding hydrogens is 220 g/mol. The summed E-state index contributed by atoms with van der Waals surface area (Å²) in [4.78, 5) is 0. The third kappa shape index (κ3) is 2.91. The maximum atomic E-state index is 9.24. The standard InChI is InChI=1S/C16H22N2/c1-13(2)16(8-9-16)12-18-11-15(10-17)14-6-4-3-5-7-14/h3-7,13,15,18H,8-9,11-12H2,1-2H3. The Labute approximate surface area is 110 Å². The van der Waals surface area contributed by atoms with Crippen LogP contribution in [0, 0.1) is 22.7 Å². The molecule has 1 aromatic rings. The summed E-state index contributed by atoms with van der Waals surface area (Å²) >= 11 is 0. The van der Waals surface area contributed by atoms with E-state index in [0.29, 0.717) is 5.41 Å². The maximum absolute atomic E-state index is 9.24. The fraction of sp³-hybridized carbons (Fsp3) is 0.562. The smallest absolute Gasteiger partial charge is 0.0837 e. The van der Waals surface area contributed by atoms with E-state index in [1.807, 2.05) is 30.3 Å². The second-order valence-electron chi connectivity index (χ2n) is 5.74. The number of hydrogen-bond donors (Lipinski definition) is 1. The lowest BCUT2D eigenvalue weighted by molar-refractivity contribution is 0.338. The molecule has 0 aromatic heterocycles. The lowest BCUT2D eigenvalue weighted by atomic mass is 9.92. The second kappa shape index (κ2) is 5.54. The molecule has 1 aliphatic rings. The van der Waals surface area contributed by atoms with Crippen LogP contribution >= 0.6 is 0 Å². The number of rotatable bonds is 6. The van der Waals surface area contributed by atoms with Gasteiger partial charge >= 0.3 is 0 Å². The van der Waals surface area contributed by atoms with Crippen molar-refractivity contribution in [3.63, 3.8) is 0 Å². The molecule has 0 spiro atoms. The number of nitriles is 1. The van der Waals surface area contributed by atoms with Crippen molar-refractivity contribution < 1.29 is 0 Å². The van der Waals surface area contributed by atoms with E-state index in [9.17, 15) is 5.26 Å². The lowest BCUT2D eigenvalue weighted by Crippen LogP contribution is -2.30. The minimum atomic E-state index is -0.0332. The maximum Gasteiger partial charge on any atom is 0.0837 e. The van der Waals surface area contributed by atoms with Gasteiger partial charge < -0.3 is 5.32 Å². The molecule has 0 saturated heterocycles. The van der Waals surface area contributed by atoms with E-state index in [-0.39, 0.29) is 5.92 Å². The first kappa shape index (κ1) is 13.1. The van der Waals surface area contributed by atoms with Crippen LogP contribution in [0.1, 0.15) is 38.2 Å². The fourth-order valence-corrected chi connectivity index (χ4v) is 2.51. The van der Waals surface area contributed by atoms with E-state index < -0.39 is 0 Å². The third-order valence-corrected chi connectivity index (χ3v) is 4.30. The lowest BCUT2D eigenvalue weighted by Gasteiger charge is -2.21. The normalized spacial score (nSPS) is 18.3. The van der Waals surface area contributed by atoms with Crippen molar-refractivity contribution >= 4 is 0 Å². The van der Waals surface area contributed by atoms with Crippen molar-refractivity contribution in [1.82, 2.24) is 5.32 Å². The summed E-state index contributed by atoms with van der Waals surface area (Å²) in [5.74, 6) is 0.705. The fourth-order valence-electron chi connectivity index (χ4n) is 2.51. The van der Waals surface area contributed by atoms with Gasteiger partial charge in [0.2, 0.25) is 0 Å². The molecular formula is C16H22N2. The summed E-state index contributed by atoms with van der Waals surface area (Å²) in [5, 5.41) is 12.7. The van der Waals surface area contributed by atoms with Crippen LogP contribution in [-0.2, 0) is 0 Å². The topological polar surface area (TPSA) is 35.8 Å². The summed E-state index contributed by atoms with van der Waals surface area (Å²) in [6.07, 6.45) is 2.67. The summed E-state index contributed by atoms with van der Waals surface area (Å²) in [7, 11) is 0. The van der Waals surface area contributed by atoms with Crippen molar-refractivity contribution in [1.29, 1.82) is 5.26 Å². The van der Waals surface area contributed by atoms with Gasteiger partial charge in [0.1, 0.15) is 0 Å². The molecule has 0 heterocycles. The Balaban J connectivity index is 1.84. The number of nitrogens with one attached hydrogen (secondary N) is 1. The molecule has 2 rings (SSSR count). The van der Waals surface area contributed by atoms with Gasteiger partial charge in [-0.25, -0.2) is 0 Å². The zero-order valence-corrected chi connectivity index (χ0v) is 11.3. The van der Waals surface area contributed by atoms with Crippen molar-refractivity contribution in [3.05, 3.63) is 35.9 Å². The summed E-state index contributed by atoms with van der Waals surface area (Å²) in [6, 6.07) is 12.4. The van der Waals surface area contributed by atoms with Crippen LogP contribution in [-0.4, -0.2) is 13.1 Å². The van der Waals surface area contributed by atoms with Crippen molar-refractivity contribution in [2.45, 2.75) is 32.6 Å². The minimum absolute atomic E-state index is 0.0332. The molecule has 96 valence electrons. The second-order valence-corrected chi connectivity index (χ2v) is 5.74. The van der Waals surface area contributed by atoms with Gasteiger partial charge in [-0.1, -0.05) is 44.2 Å². The molecule has 0 aliphatic heterocycles. The van der Waals surface area contributed by atoms with E-state index >= 15 is 0 Å². The Morgan fingerprint density at radius 3 is 2.44 bits per heavy atom.